The van der Waals surface area contributed by atoms with E-state index in [2.05, 4.69) is 35.9 Å². The van der Waals surface area contributed by atoms with Crippen LogP contribution < -0.4 is 9.47 Å². The molecule has 1 aromatic carbocycles. The van der Waals surface area contributed by atoms with E-state index in [1.54, 1.807) is 26.4 Å². The fourth-order valence-corrected chi connectivity index (χ4v) is 2.79. The van der Waals surface area contributed by atoms with Crippen LogP contribution in [-0.4, -0.2) is 38.5 Å². The Bertz CT molecular complexity index is 555. The molecular weight excluding hydrogens is 384 g/mol. The number of ketones is 1. The Morgan fingerprint density at radius 2 is 1.92 bits per heavy atom. The fourth-order valence-electron chi connectivity index (χ4n) is 2.53. The molecule has 0 aromatic heterocycles. The van der Waals surface area contributed by atoms with Crippen LogP contribution >= 0.6 is 15.9 Å². The van der Waals surface area contributed by atoms with Crippen LogP contribution in [0.2, 0.25) is 0 Å². The molecule has 0 fully saturated rings. The number of rotatable bonds is 12. The molecule has 1 atom stereocenters. The minimum absolute atomic E-state index is 0.0509. The second-order valence-corrected chi connectivity index (χ2v) is 6.78. The van der Waals surface area contributed by atoms with Crippen LogP contribution in [0.5, 0.6) is 11.5 Å². The van der Waals surface area contributed by atoms with Crippen LogP contribution in [0.3, 0.4) is 0 Å². The summed E-state index contributed by atoms with van der Waals surface area (Å²) in [5.74, 6) is 1.58. The number of benzene rings is 1. The highest BCUT2D eigenvalue weighted by Crippen LogP contribution is 2.31. The summed E-state index contributed by atoms with van der Waals surface area (Å²) in [6, 6.07) is 5.40. The van der Waals surface area contributed by atoms with Crippen LogP contribution in [0, 0.1) is 11.8 Å². The molecule has 140 valence electrons. The zero-order valence-electron chi connectivity index (χ0n) is 15.6. The maximum atomic E-state index is 12.9. The lowest BCUT2D eigenvalue weighted by Gasteiger charge is -2.19. The van der Waals surface area contributed by atoms with Gasteiger partial charge in [0, 0.05) is 36.9 Å². The van der Waals surface area contributed by atoms with Crippen LogP contribution in [-0.2, 0) is 4.74 Å². The van der Waals surface area contributed by atoms with Crippen molar-refractivity contribution >= 4 is 21.7 Å². The lowest BCUT2D eigenvalue weighted by Crippen LogP contribution is -2.20. The summed E-state index contributed by atoms with van der Waals surface area (Å²) in [6.45, 7) is 5.31. The Hall–Kier alpha value is -1.33. The molecule has 0 saturated heterocycles. The third-order valence-electron chi connectivity index (χ3n) is 3.99. The first-order valence-corrected chi connectivity index (χ1v) is 9.72. The molecule has 4 nitrogen and oxygen atoms in total. The summed E-state index contributed by atoms with van der Waals surface area (Å²) in [5, 5.41) is 0.800. The second-order valence-electron chi connectivity index (χ2n) is 6.14. The Kier molecular flexibility index (Phi) is 10.5. The van der Waals surface area contributed by atoms with Crippen molar-refractivity contribution in [1.29, 1.82) is 0 Å². The van der Waals surface area contributed by atoms with Gasteiger partial charge in [0.25, 0.3) is 0 Å². The second kappa shape index (κ2) is 12.1. The molecule has 1 aromatic rings. The summed E-state index contributed by atoms with van der Waals surface area (Å²) >= 11 is 3.37. The summed E-state index contributed by atoms with van der Waals surface area (Å²) in [7, 11) is 3.26. The highest BCUT2D eigenvalue weighted by atomic mass is 79.9. The van der Waals surface area contributed by atoms with Gasteiger partial charge in [-0.1, -0.05) is 41.9 Å². The molecule has 0 heterocycles. The molecule has 5 heteroatoms. The standard InChI is InChI=1S/C20H29BrO4/c1-15(2)17(8-5-6-11-21)20(22)16-9-10-18(24-4)19(14-16)25-13-7-12-23-3/h5-6,9-10,14-15,17H,7-8,11-13H2,1-4H3/b6-5+. The first kappa shape index (κ1) is 21.7. The molecule has 0 aliphatic rings. The molecule has 0 saturated carbocycles. The van der Waals surface area contributed by atoms with Gasteiger partial charge in [0.1, 0.15) is 0 Å². The molecule has 0 aliphatic carbocycles. The van der Waals surface area contributed by atoms with Gasteiger partial charge < -0.3 is 14.2 Å². The van der Waals surface area contributed by atoms with Gasteiger partial charge in [0.15, 0.2) is 17.3 Å². The van der Waals surface area contributed by atoms with Crippen LogP contribution in [0.25, 0.3) is 0 Å². The van der Waals surface area contributed by atoms with Crippen LogP contribution in [0.15, 0.2) is 30.4 Å². The van der Waals surface area contributed by atoms with Gasteiger partial charge in [-0.05, 0) is 30.5 Å². The first-order chi connectivity index (χ1) is 12.0. The van der Waals surface area contributed by atoms with Gasteiger partial charge in [0.05, 0.1) is 13.7 Å². The third kappa shape index (κ3) is 7.20. The van der Waals surface area contributed by atoms with Crippen molar-refractivity contribution < 1.29 is 19.0 Å². The number of carbonyl (C=O) groups is 1. The summed E-state index contributed by atoms with van der Waals surface area (Å²) in [6.07, 6.45) is 5.60. The highest BCUT2D eigenvalue weighted by molar-refractivity contribution is 9.09. The molecule has 1 rings (SSSR count). The molecule has 0 N–H and O–H groups in total. The summed E-state index contributed by atoms with van der Waals surface area (Å²) < 4.78 is 16.2. The van der Waals surface area contributed by atoms with E-state index in [1.165, 1.54) is 0 Å². The third-order valence-corrected chi connectivity index (χ3v) is 4.36. The van der Waals surface area contributed by atoms with Gasteiger partial charge in [-0.25, -0.2) is 0 Å². The number of methoxy groups -OCH3 is 2. The monoisotopic (exact) mass is 412 g/mol. The number of carbonyl (C=O) groups excluding carboxylic acids is 1. The normalized spacial score (nSPS) is 12.6. The number of halogens is 1. The van der Waals surface area contributed by atoms with E-state index in [0.717, 1.165) is 18.2 Å². The van der Waals surface area contributed by atoms with E-state index in [-0.39, 0.29) is 17.6 Å². The Morgan fingerprint density at radius 1 is 1.16 bits per heavy atom. The zero-order valence-corrected chi connectivity index (χ0v) is 17.2. The topological polar surface area (TPSA) is 44.8 Å². The maximum Gasteiger partial charge on any atom is 0.166 e. The van der Waals surface area contributed by atoms with E-state index in [4.69, 9.17) is 14.2 Å². The van der Waals surface area contributed by atoms with Gasteiger partial charge in [0.2, 0.25) is 0 Å². The van der Waals surface area contributed by atoms with Crippen LogP contribution in [0.1, 0.15) is 37.0 Å². The minimum atomic E-state index is -0.0509. The Balaban J connectivity index is 2.93. The van der Waals surface area contributed by atoms with Crippen LogP contribution in [0.4, 0.5) is 0 Å². The molecular formula is C20H29BrO4. The SMILES string of the molecule is COCCCOc1cc(C(=O)C(C/C=C/CBr)C(C)C)ccc1OC. The number of alkyl halides is 1. The average Bonchev–Trinajstić information content (AvgIpc) is 2.61. The van der Waals surface area contributed by atoms with E-state index >= 15 is 0 Å². The predicted octanol–water partition coefficient (Wildman–Crippen LogP) is 4.91. The smallest absolute Gasteiger partial charge is 0.166 e. The molecule has 0 bridgehead atoms. The maximum absolute atomic E-state index is 12.9. The Labute approximate surface area is 159 Å². The average molecular weight is 413 g/mol. The molecule has 1 unspecified atom stereocenters. The van der Waals surface area contributed by atoms with Crippen molar-refractivity contribution in [3.63, 3.8) is 0 Å². The largest absolute Gasteiger partial charge is 0.493 e. The minimum Gasteiger partial charge on any atom is -0.493 e. The lowest BCUT2D eigenvalue weighted by atomic mass is 9.85. The number of ether oxygens (including phenoxy) is 3. The van der Waals surface area contributed by atoms with Gasteiger partial charge in [-0.15, -0.1) is 0 Å². The van der Waals surface area contributed by atoms with Crippen molar-refractivity contribution in [2.24, 2.45) is 11.8 Å². The highest BCUT2D eigenvalue weighted by Gasteiger charge is 2.23. The number of allylic oxidation sites excluding steroid dienone is 2. The molecule has 0 spiro atoms. The first-order valence-electron chi connectivity index (χ1n) is 8.60. The quantitative estimate of drug-likeness (QED) is 0.212. The Morgan fingerprint density at radius 3 is 2.52 bits per heavy atom. The summed E-state index contributed by atoms with van der Waals surface area (Å²) in [4.78, 5) is 12.9. The van der Waals surface area contributed by atoms with Crippen molar-refractivity contribution in [2.75, 3.05) is 32.8 Å². The fraction of sp³-hybridized carbons (Fsp3) is 0.550. The van der Waals surface area contributed by atoms with Gasteiger partial charge >= 0.3 is 0 Å². The van der Waals surface area contributed by atoms with Gasteiger partial charge in [-0.3, -0.25) is 4.79 Å². The predicted molar refractivity (Wildman–Crippen MR) is 105 cm³/mol. The van der Waals surface area contributed by atoms with Crippen molar-refractivity contribution in [2.45, 2.75) is 26.7 Å². The van der Waals surface area contributed by atoms with E-state index in [0.29, 0.717) is 30.3 Å². The lowest BCUT2D eigenvalue weighted by molar-refractivity contribution is 0.0886. The molecule has 0 radical (unpaired) electrons. The number of Topliss-reactive ketones (excluding diaryl/α,β-unsaturated/α-hetero) is 1. The van der Waals surface area contributed by atoms with Gasteiger partial charge in [-0.2, -0.15) is 0 Å². The van der Waals surface area contributed by atoms with Crippen molar-refractivity contribution in [1.82, 2.24) is 0 Å². The summed E-state index contributed by atoms with van der Waals surface area (Å²) in [5.41, 5.74) is 0.661. The van der Waals surface area contributed by atoms with E-state index in [9.17, 15) is 4.79 Å². The zero-order chi connectivity index (χ0) is 18.7. The number of hydrogen-bond acceptors (Lipinski definition) is 4. The molecule has 0 aliphatic heterocycles. The molecule has 0 amide bonds. The van der Waals surface area contributed by atoms with E-state index < -0.39 is 0 Å². The van der Waals surface area contributed by atoms with Crippen molar-refractivity contribution in [3.05, 3.63) is 35.9 Å². The molecule has 25 heavy (non-hydrogen) atoms. The number of hydrogen-bond donors (Lipinski definition) is 0. The van der Waals surface area contributed by atoms with Crippen molar-refractivity contribution in [3.8, 4) is 11.5 Å². The van der Waals surface area contributed by atoms with E-state index in [1.807, 2.05) is 12.1 Å².